The highest BCUT2D eigenvalue weighted by atomic mass is 32.1. The third-order valence-corrected chi connectivity index (χ3v) is 5.75. The van der Waals surface area contributed by atoms with E-state index < -0.39 is 0 Å². The molecule has 0 fully saturated rings. The van der Waals surface area contributed by atoms with Gasteiger partial charge in [0.05, 0.1) is 23.1 Å². The van der Waals surface area contributed by atoms with Crippen LogP contribution in [-0.4, -0.2) is 31.5 Å². The standard InChI is InChI=1S/C21H27N5OS/c1-5-7-10-26-15(4)16(20(27)24-14(3)6-2)11-19(26)18-13-28-21(25-18)17-12-22-8-9-23-17/h8-9,11-14H,5-7,10H2,1-4H3,(H,24,27). The molecule has 1 atom stereocenters. The van der Waals surface area contributed by atoms with Crippen molar-refractivity contribution in [3.8, 4) is 22.1 Å². The van der Waals surface area contributed by atoms with Gasteiger partial charge in [0.2, 0.25) is 0 Å². The molecule has 0 saturated carbocycles. The molecular formula is C21H27N5OS. The fourth-order valence-corrected chi connectivity index (χ4v) is 3.79. The number of unbranched alkanes of at least 4 members (excludes halogenated alkanes) is 1. The van der Waals surface area contributed by atoms with Crippen LogP contribution in [0.5, 0.6) is 0 Å². The molecule has 28 heavy (non-hydrogen) atoms. The minimum absolute atomic E-state index is 0.0206. The summed E-state index contributed by atoms with van der Waals surface area (Å²) in [7, 11) is 0. The Morgan fingerprint density at radius 2 is 2.11 bits per heavy atom. The van der Waals surface area contributed by atoms with Gasteiger partial charge in [-0.1, -0.05) is 20.3 Å². The minimum atomic E-state index is -0.0206. The number of aromatic nitrogens is 4. The first-order valence-electron chi connectivity index (χ1n) is 9.78. The molecule has 0 aromatic carbocycles. The van der Waals surface area contributed by atoms with E-state index in [-0.39, 0.29) is 11.9 Å². The average molecular weight is 398 g/mol. The summed E-state index contributed by atoms with van der Waals surface area (Å²) < 4.78 is 2.21. The van der Waals surface area contributed by atoms with Gasteiger partial charge in [0.25, 0.3) is 5.91 Å². The second kappa shape index (κ2) is 9.10. The van der Waals surface area contributed by atoms with Gasteiger partial charge in [0, 0.05) is 36.1 Å². The summed E-state index contributed by atoms with van der Waals surface area (Å²) in [5.41, 5.74) is 4.31. The quantitative estimate of drug-likeness (QED) is 0.598. The van der Waals surface area contributed by atoms with Crippen LogP contribution < -0.4 is 5.32 Å². The van der Waals surface area contributed by atoms with Crippen molar-refractivity contribution in [3.05, 3.63) is 41.3 Å². The van der Waals surface area contributed by atoms with Gasteiger partial charge < -0.3 is 9.88 Å². The Balaban J connectivity index is 1.98. The summed E-state index contributed by atoms with van der Waals surface area (Å²) >= 11 is 1.54. The van der Waals surface area contributed by atoms with E-state index in [0.29, 0.717) is 0 Å². The van der Waals surface area contributed by atoms with Gasteiger partial charge >= 0.3 is 0 Å². The molecule has 3 aromatic heterocycles. The second-order valence-electron chi connectivity index (χ2n) is 6.95. The van der Waals surface area contributed by atoms with Crippen molar-refractivity contribution >= 4 is 17.2 Å². The van der Waals surface area contributed by atoms with Crippen LogP contribution in [0.3, 0.4) is 0 Å². The Labute approximate surface area is 170 Å². The van der Waals surface area contributed by atoms with Crippen molar-refractivity contribution < 1.29 is 4.79 Å². The Hall–Kier alpha value is -2.54. The van der Waals surface area contributed by atoms with Gasteiger partial charge in [0.15, 0.2) is 0 Å². The van der Waals surface area contributed by atoms with Crippen LogP contribution in [0, 0.1) is 6.92 Å². The maximum Gasteiger partial charge on any atom is 0.253 e. The molecule has 7 heteroatoms. The maximum atomic E-state index is 12.8. The third kappa shape index (κ3) is 4.30. The molecule has 3 heterocycles. The summed E-state index contributed by atoms with van der Waals surface area (Å²) in [6.45, 7) is 9.14. The molecule has 0 aliphatic heterocycles. The van der Waals surface area contributed by atoms with E-state index in [1.807, 2.05) is 25.3 Å². The van der Waals surface area contributed by atoms with Gasteiger partial charge in [-0.3, -0.25) is 14.8 Å². The smallest absolute Gasteiger partial charge is 0.253 e. The summed E-state index contributed by atoms with van der Waals surface area (Å²) in [5.74, 6) is -0.0206. The summed E-state index contributed by atoms with van der Waals surface area (Å²) in [5, 5.41) is 5.93. The zero-order valence-electron chi connectivity index (χ0n) is 16.9. The Morgan fingerprint density at radius 3 is 2.79 bits per heavy atom. The van der Waals surface area contributed by atoms with E-state index in [1.165, 1.54) is 0 Å². The first-order valence-corrected chi connectivity index (χ1v) is 10.7. The largest absolute Gasteiger partial charge is 0.350 e. The minimum Gasteiger partial charge on any atom is -0.350 e. The Morgan fingerprint density at radius 1 is 1.29 bits per heavy atom. The molecule has 1 amide bonds. The normalized spacial score (nSPS) is 12.1. The van der Waals surface area contributed by atoms with E-state index in [9.17, 15) is 4.79 Å². The van der Waals surface area contributed by atoms with Crippen molar-refractivity contribution in [1.82, 2.24) is 24.8 Å². The molecule has 0 radical (unpaired) electrons. The van der Waals surface area contributed by atoms with E-state index in [2.05, 4.69) is 33.7 Å². The van der Waals surface area contributed by atoms with Crippen molar-refractivity contribution in [2.45, 2.75) is 59.5 Å². The lowest BCUT2D eigenvalue weighted by molar-refractivity contribution is 0.0938. The van der Waals surface area contributed by atoms with E-state index in [0.717, 1.165) is 59.2 Å². The number of thiazole rings is 1. The molecule has 1 N–H and O–H groups in total. The highest BCUT2D eigenvalue weighted by Gasteiger charge is 2.21. The van der Waals surface area contributed by atoms with Crippen LogP contribution >= 0.6 is 11.3 Å². The fraction of sp³-hybridized carbons (Fsp3) is 0.429. The number of carbonyl (C=O) groups is 1. The zero-order valence-corrected chi connectivity index (χ0v) is 17.7. The number of hydrogen-bond donors (Lipinski definition) is 1. The maximum absolute atomic E-state index is 12.8. The molecule has 6 nitrogen and oxygen atoms in total. The lowest BCUT2D eigenvalue weighted by Crippen LogP contribution is -2.32. The van der Waals surface area contributed by atoms with E-state index in [1.54, 1.807) is 29.9 Å². The van der Waals surface area contributed by atoms with Crippen LogP contribution in [0.25, 0.3) is 22.1 Å². The summed E-state index contributed by atoms with van der Waals surface area (Å²) in [4.78, 5) is 26.0. The first-order chi connectivity index (χ1) is 13.5. The average Bonchev–Trinajstić information content (AvgIpc) is 3.32. The Bertz CT molecular complexity index is 932. The zero-order chi connectivity index (χ0) is 20.1. The molecule has 0 spiro atoms. The van der Waals surface area contributed by atoms with Crippen LogP contribution in [0.4, 0.5) is 0 Å². The third-order valence-electron chi connectivity index (χ3n) is 4.89. The summed E-state index contributed by atoms with van der Waals surface area (Å²) in [6, 6.07) is 2.12. The van der Waals surface area contributed by atoms with Crippen molar-refractivity contribution in [1.29, 1.82) is 0 Å². The fourth-order valence-electron chi connectivity index (χ4n) is 3.01. The highest BCUT2D eigenvalue weighted by molar-refractivity contribution is 7.13. The van der Waals surface area contributed by atoms with E-state index >= 15 is 0 Å². The predicted octanol–water partition coefficient (Wildman–Crippen LogP) is 4.71. The van der Waals surface area contributed by atoms with Gasteiger partial charge in [-0.25, -0.2) is 4.98 Å². The first kappa shape index (κ1) is 20.2. The van der Waals surface area contributed by atoms with Crippen LogP contribution in [0.1, 0.15) is 56.1 Å². The van der Waals surface area contributed by atoms with Crippen LogP contribution in [0.2, 0.25) is 0 Å². The van der Waals surface area contributed by atoms with Crippen molar-refractivity contribution in [2.75, 3.05) is 0 Å². The molecule has 3 aromatic rings. The SMILES string of the molecule is CCCCn1c(-c2csc(-c3cnccn3)n2)cc(C(=O)NC(C)CC)c1C. The molecular weight excluding hydrogens is 370 g/mol. The number of rotatable bonds is 8. The second-order valence-corrected chi connectivity index (χ2v) is 7.80. The van der Waals surface area contributed by atoms with Gasteiger partial charge in [-0.2, -0.15) is 0 Å². The molecule has 0 saturated heterocycles. The number of carbonyl (C=O) groups excluding carboxylic acids is 1. The lowest BCUT2D eigenvalue weighted by Gasteiger charge is -2.12. The highest BCUT2D eigenvalue weighted by Crippen LogP contribution is 2.31. The molecule has 0 aliphatic carbocycles. The molecule has 0 bridgehead atoms. The topological polar surface area (TPSA) is 72.7 Å². The Kier molecular flexibility index (Phi) is 6.57. The number of amides is 1. The van der Waals surface area contributed by atoms with Crippen LogP contribution in [0.15, 0.2) is 30.0 Å². The van der Waals surface area contributed by atoms with Gasteiger partial charge in [-0.05, 0) is 32.8 Å². The molecule has 3 rings (SSSR count). The molecule has 1 unspecified atom stereocenters. The van der Waals surface area contributed by atoms with E-state index in [4.69, 9.17) is 4.98 Å². The van der Waals surface area contributed by atoms with Crippen molar-refractivity contribution in [3.63, 3.8) is 0 Å². The monoisotopic (exact) mass is 397 g/mol. The van der Waals surface area contributed by atoms with Gasteiger partial charge in [0.1, 0.15) is 10.7 Å². The lowest BCUT2D eigenvalue weighted by atomic mass is 10.2. The number of nitrogens with one attached hydrogen (secondary N) is 1. The molecule has 0 aliphatic rings. The van der Waals surface area contributed by atoms with Crippen LogP contribution in [-0.2, 0) is 6.54 Å². The summed E-state index contributed by atoms with van der Waals surface area (Å²) in [6.07, 6.45) is 8.08. The van der Waals surface area contributed by atoms with Crippen molar-refractivity contribution in [2.24, 2.45) is 0 Å². The molecule has 148 valence electrons. The number of nitrogens with zero attached hydrogens (tertiary/aromatic N) is 4. The predicted molar refractivity (Wildman–Crippen MR) is 113 cm³/mol. The van der Waals surface area contributed by atoms with Gasteiger partial charge in [-0.15, -0.1) is 11.3 Å². The number of hydrogen-bond acceptors (Lipinski definition) is 5.